The van der Waals surface area contributed by atoms with Crippen LogP contribution in [0.4, 0.5) is 0 Å². The quantitative estimate of drug-likeness (QED) is 0.585. The molecule has 0 aromatic heterocycles. The fourth-order valence-electron chi connectivity index (χ4n) is 0.891. The second kappa shape index (κ2) is 3.36. The molecule has 0 radical (unpaired) electrons. The van der Waals surface area contributed by atoms with E-state index in [1.165, 1.54) is 12.2 Å². The van der Waals surface area contributed by atoms with Crippen LogP contribution in [0.5, 0.6) is 0 Å². The van der Waals surface area contributed by atoms with Gasteiger partial charge in [0, 0.05) is 6.42 Å². The molecule has 0 saturated heterocycles. The molecule has 5 heteroatoms. The summed E-state index contributed by atoms with van der Waals surface area (Å²) in [7, 11) is -2.44. The number of carboxylic acids is 1. The fourth-order valence-corrected chi connectivity index (χ4v) is 1.46. The number of carboxylic acid groups (broad SMARTS) is 1. The molecule has 1 aliphatic rings. The fraction of sp³-hybridized carbons (Fsp3) is 0.143. The standard InChI is InChI=1S/C7H6O4S/c8-7(9)5-3-1-2-4-6(5)12(10)11/h1-3H,4H2,(H,8,9). The van der Waals surface area contributed by atoms with Crippen molar-refractivity contribution in [3.8, 4) is 0 Å². The molecule has 1 aliphatic carbocycles. The molecule has 0 fully saturated rings. The monoisotopic (exact) mass is 186 g/mol. The molecule has 4 nitrogen and oxygen atoms in total. The SMILES string of the molecule is O=C(O)C1=CC=CCC1=S(=O)=O. The van der Waals surface area contributed by atoms with E-state index in [1.807, 2.05) is 0 Å². The summed E-state index contributed by atoms with van der Waals surface area (Å²) < 4.78 is 21.0. The van der Waals surface area contributed by atoms with Crippen LogP contribution in [0.2, 0.25) is 0 Å². The second-order valence-corrected chi connectivity index (χ2v) is 3.14. The molecule has 0 aliphatic heterocycles. The molecule has 12 heavy (non-hydrogen) atoms. The van der Waals surface area contributed by atoms with Crippen molar-refractivity contribution in [3.63, 3.8) is 0 Å². The smallest absolute Gasteiger partial charge is 0.337 e. The molecule has 0 unspecified atom stereocenters. The van der Waals surface area contributed by atoms with Gasteiger partial charge in [-0.05, 0) is 6.08 Å². The maximum atomic E-state index is 10.5. The highest BCUT2D eigenvalue weighted by Crippen LogP contribution is 2.08. The van der Waals surface area contributed by atoms with Crippen molar-refractivity contribution in [1.29, 1.82) is 0 Å². The summed E-state index contributed by atoms with van der Waals surface area (Å²) in [6, 6.07) is 0. The molecule has 64 valence electrons. The third-order valence-electron chi connectivity index (χ3n) is 1.43. The summed E-state index contributed by atoms with van der Waals surface area (Å²) >= 11 is 0. The summed E-state index contributed by atoms with van der Waals surface area (Å²) in [6.45, 7) is 0. The van der Waals surface area contributed by atoms with Gasteiger partial charge in [-0.15, -0.1) is 0 Å². The first kappa shape index (κ1) is 8.73. The number of hydrogen-bond acceptors (Lipinski definition) is 3. The Morgan fingerprint density at radius 3 is 2.58 bits per heavy atom. The lowest BCUT2D eigenvalue weighted by Crippen LogP contribution is -2.14. The molecule has 0 saturated carbocycles. The third-order valence-corrected chi connectivity index (χ3v) is 2.22. The molecule has 0 aromatic carbocycles. The topological polar surface area (TPSA) is 71.4 Å². The van der Waals surface area contributed by atoms with Gasteiger partial charge in [-0.2, -0.15) is 8.42 Å². The summed E-state index contributed by atoms with van der Waals surface area (Å²) in [5.41, 5.74) is -0.147. The van der Waals surface area contributed by atoms with Gasteiger partial charge in [0.15, 0.2) is 0 Å². The molecule has 0 amide bonds. The Bertz CT molecular complexity index is 389. The van der Waals surface area contributed by atoms with Gasteiger partial charge in [0.05, 0.1) is 10.4 Å². The lowest BCUT2D eigenvalue weighted by molar-refractivity contribution is -0.132. The van der Waals surface area contributed by atoms with Crippen LogP contribution in [0.3, 0.4) is 0 Å². The summed E-state index contributed by atoms with van der Waals surface area (Å²) in [6.07, 6.45) is 4.56. The second-order valence-electron chi connectivity index (χ2n) is 2.18. The lowest BCUT2D eigenvalue weighted by atomic mass is 10.1. The first-order valence-corrected chi connectivity index (χ1v) is 4.26. The van der Waals surface area contributed by atoms with Crippen LogP contribution in [0.25, 0.3) is 0 Å². The maximum absolute atomic E-state index is 10.5. The van der Waals surface area contributed by atoms with Gasteiger partial charge < -0.3 is 5.11 Å². The predicted octanol–water partition coefficient (Wildman–Crippen LogP) is 0.00880. The number of aliphatic carboxylic acids is 1. The highest BCUT2D eigenvalue weighted by molar-refractivity contribution is 7.73. The normalized spacial score (nSPS) is 15.7. The molecule has 0 spiro atoms. The Labute approximate surface area is 70.4 Å². The third kappa shape index (κ3) is 1.62. The van der Waals surface area contributed by atoms with E-state index in [9.17, 15) is 13.2 Å². The first-order chi connectivity index (χ1) is 5.63. The van der Waals surface area contributed by atoms with Crippen molar-refractivity contribution in [2.24, 2.45) is 0 Å². The molecular formula is C7H6O4S. The zero-order valence-electron chi connectivity index (χ0n) is 6.02. The van der Waals surface area contributed by atoms with Crippen molar-refractivity contribution in [1.82, 2.24) is 0 Å². The van der Waals surface area contributed by atoms with Gasteiger partial charge in [-0.1, -0.05) is 12.2 Å². The van der Waals surface area contributed by atoms with Crippen LogP contribution in [0.1, 0.15) is 6.42 Å². The minimum Gasteiger partial charge on any atom is -0.478 e. The van der Waals surface area contributed by atoms with Crippen molar-refractivity contribution in [3.05, 3.63) is 23.8 Å². The van der Waals surface area contributed by atoms with E-state index in [-0.39, 0.29) is 16.9 Å². The van der Waals surface area contributed by atoms with Crippen molar-refractivity contribution in [2.75, 3.05) is 0 Å². The summed E-state index contributed by atoms with van der Waals surface area (Å²) in [5, 5.41) is 8.56. The van der Waals surface area contributed by atoms with E-state index in [4.69, 9.17) is 5.11 Å². The average molecular weight is 186 g/mol. The van der Waals surface area contributed by atoms with Crippen LogP contribution < -0.4 is 0 Å². The van der Waals surface area contributed by atoms with Gasteiger partial charge >= 0.3 is 5.97 Å². The molecule has 1 rings (SSSR count). The van der Waals surface area contributed by atoms with E-state index in [0.717, 1.165) is 0 Å². The van der Waals surface area contributed by atoms with Crippen molar-refractivity contribution < 1.29 is 18.3 Å². The Balaban J connectivity index is 3.27. The zero-order chi connectivity index (χ0) is 9.14. The molecular weight excluding hydrogens is 180 g/mol. The molecule has 0 atom stereocenters. The Hall–Kier alpha value is -1.36. The van der Waals surface area contributed by atoms with Gasteiger partial charge in [0.2, 0.25) is 10.3 Å². The summed E-state index contributed by atoms with van der Waals surface area (Å²) in [5.74, 6) is -1.21. The average Bonchev–Trinajstić information content (AvgIpc) is 2.04. The number of rotatable bonds is 1. The van der Waals surface area contributed by atoms with Crippen molar-refractivity contribution >= 4 is 21.1 Å². The Kier molecular flexibility index (Phi) is 2.44. The van der Waals surface area contributed by atoms with Gasteiger partial charge in [-0.25, -0.2) is 4.79 Å². The number of allylic oxidation sites excluding steroid dienone is 3. The van der Waals surface area contributed by atoms with Crippen LogP contribution in [0.15, 0.2) is 23.8 Å². The van der Waals surface area contributed by atoms with Crippen molar-refractivity contribution in [2.45, 2.75) is 6.42 Å². The van der Waals surface area contributed by atoms with E-state index in [0.29, 0.717) is 0 Å². The van der Waals surface area contributed by atoms with Crippen LogP contribution >= 0.6 is 0 Å². The van der Waals surface area contributed by atoms with Crippen LogP contribution in [-0.4, -0.2) is 24.4 Å². The minimum atomic E-state index is -2.44. The maximum Gasteiger partial charge on any atom is 0.337 e. The Morgan fingerprint density at radius 2 is 2.17 bits per heavy atom. The van der Waals surface area contributed by atoms with Gasteiger partial charge in [0.1, 0.15) is 0 Å². The zero-order valence-corrected chi connectivity index (χ0v) is 6.84. The molecule has 0 aromatic rings. The van der Waals surface area contributed by atoms with Gasteiger partial charge in [-0.3, -0.25) is 0 Å². The van der Waals surface area contributed by atoms with Crippen LogP contribution in [-0.2, 0) is 15.1 Å². The highest BCUT2D eigenvalue weighted by atomic mass is 32.2. The highest BCUT2D eigenvalue weighted by Gasteiger charge is 2.16. The first-order valence-electron chi connectivity index (χ1n) is 3.18. The van der Waals surface area contributed by atoms with Crippen LogP contribution in [0, 0.1) is 0 Å². The van der Waals surface area contributed by atoms with E-state index >= 15 is 0 Å². The van der Waals surface area contributed by atoms with E-state index in [2.05, 4.69) is 0 Å². The van der Waals surface area contributed by atoms with E-state index in [1.54, 1.807) is 6.08 Å². The lowest BCUT2D eigenvalue weighted by Gasteiger charge is -2.03. The molecule has 1 N–H and O–H groups in total. The minimum absolute atomic E-state index is 0.0648. The number of carbonyl (C=O) groups is 1. The number of hydrogen-bond donors (Lipinski definition) is 1. The summed E-state index contributed by atoms with van der Waals surface area (Å²) in [4.78, 5) is 10.4. The van der Waals surface area contributed by atoms with E-state index < -0.39 is 16.3 Å². The van der Waals surface area contributed by atoms with Gasteiger partial charge in [0.25, 0.3) is 0 Å². The predicted molar refractivity (Wildman–Crippen MR) is 43.4 cm³/mol. The largest absolute Gasteiger partial charge is 0.478 e. The molecule has 0 bridgehead atoms. The molecule has 0 heterocycles. The Morgan fingerprint density at radius 1 is 1.50 bits per heavy atom.